The zero-order chi connectivity index (χ0) is 18.6. The molecule has 3 saturated carbocycles. The predicted octanol–water partition coefficient (Wildman–Crippen LogP) is 0.987. The van der Waals surface area contributed by atoms with E-state index in [1.807, 2.05) is 0 Å². The van der Waals surface area contributed by atoms with Crippen LogP contribution in [0.5, 0.6) is 0 Å². The molecule has 4 unspecified atom stereocenters. The van der Waals surface area contributed by atoms with E-state index >= 15 is 0 Å². The van der Waals surface area contributed by atoms with Crippen LogP contribution in [0.2, 0.25) is 0 Å². The van der Waals surface area contributed by atoms with Crippen LogP contribution >= 0.6 is 0 Å². The molecule has 144 valence electrons. The van der Waals surface area contributed by atoms with Crippen LogP contribution in [0.25, 0.3) is 0 Å². The lowest BCUT2D eigenvalue weighted by Crippen LogP contribution is -2.71. The van der Waals surface area contributed by atoms with E-state index in [1.165, 1.54) is 0 Å². The van der Waals surface area contributed by atoms with Crippen molar-refractivity contribution in [3.05, 3.63) is 12.2 Å². The van der Waals surface area contributed by atoms with Gasteiger partial charge in [-0.2, -0.15) is 0 Å². The van der Waals surface area contributed by atoms with Gasteiger partial charge in [0.25, 0.3) is 0 Å². The summed E-state index contributed by atoms with van der Waals surface area (Å²) in [7, 11) is 0. The molecule has 0 aromatic heterocycles. The Bertz CT molecular complexity index is 688. The number of carbonyl (C=O) groups excluding carboxylic acids is 1. The number of hydrogen-bond acceptors (Lipinski definition) is 6. The molecule has 0 amide bonds. The number of esters is 1. The van der Waals surface area contributed by atoms with Gasteiger partial charge >= 0.3 is 5.97 Å². The minimum atomic E-state index is -1.17. The van der Waals surface area contributed by atoms with Crippen molar-refractivity contribution in [2.24, 2.45) is 34.0 Å². The zero-order valence-corrected chi connectivity index (χ0v) is 15.4. The minimum absolute atomic E-state index is 0.0703. The van der Waals surface area contributed by atoms with Gasteiger partial charge in [-0.3, -0.25) is 4.79 Å². The second kappa shape index (κ2) is 4.90. The van der Waals surface area contributed by atoms with Crippen molar-refractivity contribution in [1.29, 1.82) is 0 Å². The number of aliphatic hydroxyl groups excluding tert-OH is 3. The second-order valence-electron chi connectivity index (χ2n) is 9.91. The predicted molar refractivity (Wildman–Crippen MR) is 90.6 cm³/mol. The van der Waals surface area contributed by atoms with Gasteiger partial charge in [0.1, 0.15) is 11.5 Å². The third kappa shape index (κ3) is 1.66. The summed E-state index contributed by atoms with van der Waals surface area (Å²) in [6.45, 7) is 8.48. The molecular weight excluding hydrogens is 336 g/mol. The van der Waals surface area contributed by atoms with E-state index in [2.05, 4.69) is 20.4 Å². The molecule has 2 bridgehead atoms. The molecule has 2 spiro atoms. The Morgan fingerprint density at radius 3 is 2.65 bits per heavy atom. The molecule has 6 heteroatoms. The maximum atomic E-state index is 13.2. The zero-order valence-electron chi connectivity index (χ0n) is 15.4. The fourth-order valence-corrected chi connectivity index (χ4v) is 7.57. The summed E-state index contributed by atoms with van der Waals surface area (Å²) >= 11 is 0. The lowest BCUT2D eigenvalue weighted by Gasteiger charge is -2.63. The van der Waals surface area contributed by atoms with Crippen molar-refractivity contribution in [3.63, 3.8) is 0 Å². The van der Waals surface area contributed by atoms with Gasteiger partial charge in [0.2, 0.25) is 0 Å². The standard InChI is InChI=1S/C20H28O6/c1-9-10-6-11(21)13-19(7-10,15(9)22)17(24)26-12-4-5-18(2,3)14-16(23)25-8-20(12,13)14/h10-16,21-23H,1,4-8H2,2-3H3/t10?,11-,12-,13+,14?,15+,16+,19?,20?/m0/s1. The van der Waals surface area contributed by atoms with Gasteiger partial charge in [-0.25, -0.2) is 0 Å². The average Bonchev–Trinajstić information content (AvgIpc) is 3.01. The Balaban J connectivity index is 1.73. The molecule has 26 heavy (non-hydrogen) atoms. The van der Waals surface area contributed by atoms with E-state index in [0.29, 0.717) is 24.8 Å². The number of ether oxygens (including phenoxy) is 2. The smallest absolute Gasteiger partial charge is 0.315 e. The van der Waals surface area contributed by atoms with E-state index in [4.69, 9.17) is 9.47 Å². The molecule has 2 aliphatic heterocycles. The van der Waals surface area contributed by atoms with E-state index < -0.39 is 47.3 Å². The first-order valence-electron chi connectivity index (χ1n) is 9.72. The molecule has 0 radical (unpaired) electrons. The molecule has 9 atom stereocenters. The van der Waals surface area contributed by atoms with Crippen LogP contribution in [0, 0.1) is 34.0 Å². The molecule has 3 N–H and O–H groups in total. The summed E-state index contributed by atoms with van der Waals surface area (Å²) in [4.78, 5) is 13.2. The Kier molecular flexibility index (Phi) is 3.24. The van der Waals surface area contributed by atoms with Crippen molar-refractivity contribution >= 4 is 5.97 Å². The Morgan fingerprint density at radius 1 is 1.19 bits per heavy atom. The maximum Gasteiger partial charge on any atom is 0.315 e. The van der Waals surface area contributed by atoms with Crippen LogP contribution in [0.15, 0.2) is 12.2 Å². The fourth-order valence-electron chi connectivity index (χ4n) is 7.57. The first-order valence-corrected chi connectivity index (χ1v) is 9.72. The largest absolute Gasteiger partial charge is 0.461 e. The molecule has 5 aliphatic rings. The average molecular weight is 364 g/mol. The fraction of sp³-hybridized carbons (Fsp3) is 0.850. The van der Waals surface area contributed by atoms with Crippen LogP contribution in [-0.2, 0) is 14.3 Å². The summed E-state index contributed by atoms with van der Waals surface area (Å²) in [6.07, 6.45) is -0.652. The number of fused-ring (bicyclic) bond motifs is 1. The van der Waals surface area contributed by atoms with E-state index in [0.717, 1.165) is 6.42 Å². The molecule has 6 nitrogen and oxygen atoms in total. The van der Waals surface area contributed by atoms with Gasteiger partial charge in [-0.15, -0.1) is 0 Å². The van der Waals surface area contributed by atoms with Gasteiger partial charge in [0.05, 0.1) is 18.8 Å². The molecular formula is C20H28O6. The highest BCUT2D eigenvalue weighted by atomic mass is 16.6. The minimum Gasteiger partial charge on any atom is -0.461 e. The number of aliphatic hydroxyl groups is 3. The summed E-state index contributed by atoms with van der Waals surface area (Å²) in [5.74, 6) is -1.23. The van der Waals surface area contributed by atoms with E-state index in [-0.39, 0.29) is 23.9 Å². The SMILES string of the molecule is C=C1C2C[C@H](O)[C@@H]3C(C2)(C(=O)O[C@H]2CCC(C)(C)C4[C@H](O)OCC423)[C@@H]1O. The highest BCUT2D eigenvalue weighted by Crippen LogP contribution is 2.71. The molecule has 5 rings (SSSR count). The lowest BCUT2D eigenvalue weighted by atomic mass is 9.43. The molecule has 0 aromatic carbocycles. The normalized spacial score (nSPS) is 57.2. The van der Waals surface area contributed by atoms with Crippen molar-refractivity contribution < 1.29 is 29.6 Å². The number of carbonyl (C=O) groups is 1. The third-order valence-corrected chi connectivity index (χ3v) is 8.48. The Morgan fingerprint density at radius 2 is 1.92 bits per heavy atom. The third-order valence-electron chi connectivity index (χ3n) is 8.48. The summed E-state index contributed by atoms with van der Waals surface area (Å²) < 4.78 is 11.7. The summed E-state index contributed by atoms with van der Waals surface area (Å²) in [6, 6.07) is 0. The number of hydrogen-bond donors (Lipinski definition) is 3. The highest BCUT2D eigenvalue weighted by Gasteiger charge is 2.78. The van der Waals surface area contributed by atoms with Crippen LogP contribution < -0.4 is 0 Å². The van der Waals surface area contributed by atoms with Gasteiger partial charge < -0.3 is 24.8 Å². The van der Waals surface area contributed by atoms with Crippen molar-refractivity contribution in [2.75, 3.05) is 6.61 Å². The van der Waals surface area contributed by atoms with Gasteiger partial charge in [-0.1, -0.05) is 20.4 Å². The van der Waals surface area contributed by atoms with Crippen LogP contribution in [0.1, 0.15) is 39.5 Å². The van der Waals surface area contributed by atoms with Gasteiger partial charge in [-0.05, 0) is 42.6 Å². The second-order valence-corrected chi connectivity index (χ2v) is 9.91. The molecule has 2 saturated heterocycles. The summed E-state index contributed by atoms with van der Waals surface area (Å²) in [5.41, 5.74) is -1.43. The van der Waals surface area contributed by atoms with Gasteiger partial charge in [0.15, 0.2) is 6.29 Å². The van der Waals surface area contributed by atoms with E-state index in [9.17, 15) is 20.1 Å². The molecule has 3 aliphatic carbocycles. The Labute approximate surface area is 153 Å². The molecule has 5 fully saturated rings. The monoisotopic (exact) mass is 364 g/mol. The van der Waals surface area contributed by atoms with Crippen LogP contribution in [0.3, 0.4) is 0 Å². The van der Waals surface area contributed by atoms with Crippen molar-refractivity contribution in [3.8, 4) is 0 Å². The lowest BCUT2D eigenvalue weighted by molar-refractivity contribution is -0.264. The quantitative estimate of drug-likeness (QED) is 0.438. The molecule has 2 heterocycles. The van der Waals surface area contributed by atoms with Crippen LogP contribution in [0.4, 0.5) is 0 Å². The van der Waals surface area contributed by atoms with Crippen molar-refractivity contribution in [2.45, 2.75) is 64.1 Å². The van der Waals surface area contributed by atoms with Crippen LogP contribution in [-0.4, -0.2) is 52.5 Å². The van der Waals surface area contributed by atoms with E-state index in [1.54, 1.807) is 0 Å². The first-order chi connectivity index (χ1) is 12.2. The maximum absolute atomic E-state index is 13.2. The Hall–Kier alpha value is -0.950. The highest BCUT2D eigenvalue weighted by molar-refractivity contribution is 5.82. The first kappa shape index (κ1) is 17.2. The summed E-state index contributed by atoms with van der Waals surface area (Å²) in [5, 5.41) is 32.9. The van der Waals surface area contributed by atoms with Crippen molar-refractivity contribution in [1.82, 2.24) is 0 Å². The van der Waals surface area contributed by atoms with Gasteiger partial charge in [0, 0.05) is 17.3 Å². The number of rotatable bonds is 0. The molecule has 0 aromatic rings. The topological polar surface area (TPSA) is 96.2 Å².